The van der Waals surface area contributed by atoms with Crippen molar-refractivity contribution >= 4 is 5.97 Å². The van der Waals surface area contributed by atoms with Gasteiger partial charge in [0, 0.05) is 0 Å². The van der Waals surface area contributed by atoms with Crippen LogP contribution in [0.4, 0.5) is 0 Å². The highest BCUT2D eigenvalue weighted by atomic mass is 16.5. The summed E-state index contributed by atoms with van der Waals surface area (Å²) in [6.07, 6.45) is 7.22. The summed E-state index contributed by atoms with van der Waals surface area (Å²) in [5.74, 6) is -0.100. The van der Waals surface area contributed by atoms with E-state index in [4.69, 9.17) is 4.74 Å². The minimum Gasteiger partial charge on any atom is -0.466 e. The second kappa shape index (κ2) is 7.84. The Balaban J connectivity index is 3.60. The molecule has 2 nitrogen and oxygen atoms in total. The summed E-state index contributed by atoms with van der Waals surface area (Å²) in [5.41, 5.74) is 0. The molecule has 0 radical (unpaired) electrons. The van der Waals surface area contributed by atoms with E-state index in [1.54, 1.807) is 0 Å². The molecule has 0 aliphatic carbocycles. The van der Waals surface area contributed by atoms with Crippen molar-refractivity contribution < 1.29 is 9.53 Å². The third-order valence-corrected chi connectivity index (χ3v) is 1.80. The molecule has 0 fully saturated rings. The Morgan fingerprint density at radius 2 is 2.08 bits per heavy atom. The maximum Gasteiger partial charge on any atom is 0.308 e. The highest BCUT2D eigenvalue weighted by molar-refractivity contribution is 5.72. The van der Waals surface area contributed by atoms with Crippen molar-refractivity contribution in [1.82, 2.24) is 0 Å². The molecule has 2 heteroatoms. The first-order valence-electron chi connectivity index (χ1n) is 5.04. The molecule has 0 N–H and O–H groups in total. The molecule has 0 aromatic rings. The Labute approximate surface area is 81.0 Å². The topological polar surface area (TPSA) is 26.3 Å². The Kier molecular flexibility index (Phi) is 7.36. The molecule has 0 saturated carbocycles. The van der Waals surface area contributed by atoms with Gasteiger partial charge >= 0.3 is 5.97 Å². The predicted molar refractivity (Wildman–Crippen MR) is 54.5 cm³/mol. The van der Waals surface area contributed by atoms with Crippen molar-refractivity contribution in [1.29, 1.82) is 0 Å². The molecule has 0 saturated heterocycles. The quantitative estimate of drug-likeness (QED) is 0.468. The Bertz CT molecular complexity index is 161. The molecule has 0 heterocycles. The van der Waals surface area contributed by atoms with Gasteiger partial charge in [0.25, 0.3) is 0 Å². The number of rotatable bonds is 6. The molecule has 0 aliphatic rings. The number of unbranched alkanes of at least 4 members (excludes halogenated alkanes) is 1. The van der Waals surface area contributed by atoms with Gasteiger partial charge in [0.2, 0.25) is 0 Å². The normalized spacial score (nSPS) is 13.2. The Morgan fingerprint density at radius 3 is 2.62 bits per heavy atom. The molecule has 0 amide bonds. The molecule has 0 aromatic carbocycles. The lowest BCUT2D eigenvalue weighted by Gasteiger charge is -2.06. The fourth-order valence-corrected chi connectivity index (χ4v) is 0.966. The maximum atomic E-state index is 11.2. The molecule has 0 rings (SSSR count). The third-order valence-electron chi connectivity index (χ3n) is 1.80. The number of carbonyl (C=O) groups excluding carboxylic acids is 1. The van der Waals surface area contributed by atoms with Gasteiger partial charge < -0.3 is 4.74 Å². The number of hydrogen-bond acceptors (Lipinski definition) is 2. The molecule has 76 valence electrons. The van der Waals surface area contributed by atoms with Crippen LogP contribution in [0.15, 0.2) is 12.2 Å². The van der Waals surface area contributed by atoms with Crippen molar-refractivity contribution in [2.24, 2.45) is 5.92 Å². The number of ether oxygens (including phenoxy) is 1. The maximum absolute atomic E-state index is 11.2. The van der Waals surface area contributed by atoms with Gasteiger partial charge in [-0.2, -0.15) is 0 Å². The van der Waals surface area contributed by atoms with Crippen molar-refractivity contribution in [2.45, 2.75) is 40.0 Å². The zero-order valence-electron chi connectivity index (χ0n) is 8.88. The minimum atomic E-state index is -0.0938. The predicted octanol–water partition coefficient (Wildman–Crippen LogP) is 2.93. The number of carbonyl (C=O) groups is 1. The van der Waals surface area contributed by atoms with E-state index in [-0.39, 0.29) is 11.9 Å². The Hall–Kier alpha value is -0.790. The molecule has 1 atom stereocenters. The van der Waals surface area contributed by atoms with Gasteiger partial charge in [0.1, 0.15) is 0 Å². The first-order chi connectivity index (χ1) is 6.22. The van der Waals surface area contributed by atoms with Crippen LogP contribution < -0.4 is 0 Å². The second-order valence-corrected chi connectivity index (χ2v) is 3.15. The highest BCUT2D eigenvalue weighted by Crippen LogP contribution is 2.06. The average molecular weight is 184 g/mol. The van der Waals surface area contributed by atoms with E-state index in [0.29, 0.717) is 6.61 Å². The van der Waals surface area contributed by atoms with E-state index >= 15 is 0 Å². The van der Waals surface area contributed by atoms with E-state index in [0.717, 1.165) is 19.3 Å². The van der Waals surface area contributed by atoms with Crippen molar-refractivity contribution in [2.75, 3.05) is 6.61 Å². The fourth-order valence-electron chi connectivity index (χ4n) is 0.966. The van der Waals surface area contributed by atoms with E-state index in [1.807, 2.05) is 13.8 Å². The van der Waals surface area contributed by atoms with Gasteiger partial charge in [-0.3, -0.25) is 4.79 Å². The smallest absolute Gasteiger partial charge is 0.308 e. The third kappa shape index (κ3) is 6.38. The first kappa shape index (κ1) is 12.2. The lowest BCUT2D eigenvalue weighted by atomic mass is 10.1. The number of hydrogen-bond donors (Lipinski definition) is 0. The summed E-state index contributed by atoms with van der Waals surface area (Å²) < 4.78 is 4.89. The summed E-state index contributed by atoms with van der Waals surface area (Å²) in [6.45, 7) is 6.34. The second-order valence-electron chi connectivity index (χ2n) is 3.15. The SMILES string of the molecule is CCC/C=C/CC(C)C(=O)OCC. The number of allylic oxidation sites excluding steroid dienone is 2. The lowest BCUT2D eigenvalue weighted by molar-refractivity contribution is -0.147. The molecule has 0 aliphatic heterocycles. The molecule has 0 spiro atoms. The van der Waals surface area contributed by atoms with Crippen LogP contribution >= 0.6 is 0 Å². The standard InChI is InChI=1S/C11H20O2/c1-4-6-7-8-9-10(3)11(12)13-5-2/h7-8,10H,4-6,9H2,1-3H3/b8-7+. The van der Waals surface area contributed by atoms with Crippen LogP contribution in [0.25, 0.3) is 0 Å². The summed E-state index contributed by atoms with van der Waals surface area (Å²) in [7, 11) is 0. The van der Waals surface area contributed by atoms with Crippen LogP contribution in [0.1, 0.15) is 40.0 Å². The van der Waals surface area contributed by atoms with E-state index in [9.17, 15) is 4.79 Å². The van der Waals surface area contributed by atoms with Gasteiger partial charge in [-0.1, -0.05) is 32.4 Å². The average Bonchev–Trinajstić information content (AvgIpc) is 2.12. The summed E-state index contributed by atoms with van der Waals surface area (Å²) in [6, 6.07) is 0. The van der Waals surface area contributed by atoms with Crippen molar-refractivity contribution in [3.8, 4) is 0 Å². The molecule has 0 aromatic heterocycles. The first-order valence-corrected chi connectivity index (χ1v) is 5.04. The van der Waals surface area contributed by atoms with Gasteiger partial charge in [-0.05, 0) is 19.8 Å². The van der Waals surface area contributed by atoms with Crippen LogP contribution in [0.3, 0.4) is 0 Å². The fraction of sp³-hybridized carbons (Fsp3) is 0.727. The van der Waals surface area contributed by atoms with Crippen LogP contribution in [0.2, 0.25) is 0 Å². The summed E-state index contributed by atoms with van der Waals surface area (Å²) in [4.78, 5) is 11.2. The molecular weight excluding hydrogens is 164 g/mol. The van der Waals surface area contributed by atoms with E-state index in [2.05, 4.69) is 19.1 Å². The monoisotopic (exact) mass is 184 g/mol. The zero-order valence-corrected chi connectivity index (χ0v) is 8.88. The van der Waals surface area contributed by atoms with Crippen LogP contribution in [-0.4, -0.2) is 12.6 Å². The van der Waals surface area contributed by atoms with Gasteiger partial charge in [0.05, 0.1) is 12.5 Å². The number of esters is 1. The molecule has 13 heavy (non-hydrogen) atoms. The molecule has 1 unspecified atom stereocenters. The largest absolute Gasteiger partial charge is 0.466 e. The summed E-state index contributed by atoms with van der Waals surface area (Å²) in [5, 5.41) is 0. The van der Waals surface area contributed by atoms with Crippen molar-refractivity contribution in [3.05, 3.63) is 12.2 Å². The summed E-state index contributed by atoms with van der Waals surface area (Å²) >= 11 is 0. The van der Waals surface area contributed by atoms with Crippen LogP contribution in [0, 0.1) is 5.92 Å². The van der Waals surface area contributed by atoms with Gasteiger partial charge in [0.15, 0.2) is 0 Å². The van der Waals surface area contributed by atoms with Gasteiger partial charge in [-0.25, -0.2) is 0 Å². The van der Waals surface area contributed by atoms with Gasteiger partial charge in [-0.15, -0.1) is 0 Å². The zero-order chi connectivity index (χ0) is 10.1. The molecular formula is C11H20O2. The lowest BCUT2D eigenvalue weighted by Crippen LogP contribution is -2.13. The van der Waals surface area contributed by atoms with Crippen LogP contribution in [0.5, 0.6) is 0 Å². The van der Waals surface area contributed by atoms with Crippen LogP contribution in [-0.2, 0) is 9.53 Å². The van der Waals surface area contributed by atoms with E-state index in [1.165, 1.54) is 0 Å². The van der Waals surface area contributed by atoms with Crippen molar-refractivity contribution in [3.63, 3.8) is 0 Å². The minimum absolute atomic E-state index is 0.00643. The highest BCUT2D eigenvalue weighted by Gasteiger charge is 2.10. The molecule has 0 bridgehead atoms. The van der Waals surface area contributed by atoms with E-state index < -0.39 is 0 Å². The Morgan fingerprint density at radius 1 is 1.38 bits per heavy atom.